The van der Waals surface area contributed by atoms with Gasteiger partial charge in [-0.3, -0.25) is 4.79 Å². The van der Waals surface area contributed by atoms with Crippen LogP contribution in [0.3, 0.4) is 0 Å². The van der Waals surface area contributed by atoms with E-state index in [4.69, 9.17) is 5.73 Å². The Morgan fingerprint density at radius 3 is 2.29 bits per heavy atom. The summed E-state index contributed by atoms with van der Waals surface area (Å²) in [5, 5.41) is 0. The summed E-state index contributed by atoms with van der Waals surface area (Å²) in [4.78, 5) is 15.3. The van der Waals surface area contributed by atoms with Crippen LogP contribution in [0.1, 0.15) is 66.7 Å². The fourth-order valence-corrected chi connectivity index (χ4v) is 4.93. The van der Waals surface area contributed by atoms with Crippen molar-refractivity contribution >= 4 is 18.3 Å². The maximum absolute atomic E-state index is 13.1. The molecule has 1 heterocycles. The van der Waals surface area contributed by atoms with Crippen LogP contribution in [0.5, 0.6) is 0 Å². The topological polar surface area (TPSA) is 46.3 Å². The number of hydrogen-bond donors (Lipinski definition) is 1. The summed E-state index contributed by atoms with van der Waals surface area (Å²) >= 11 is 0. The number of fused-ring (bicyclic) bond motifs is 2. The minimum Gasteiger partial charge on any atom is -0.339 e. The molecule has 1 aliphatic carbocycles. The van der Waals surface area contributed by atoms with Crippen LogP contribution in [-0.2, 0) is 4.79 Å². The number of carbonyl (C=O) groups excluding carboxylic acids is 1. The quantitative estimate of drug-likeness (QED) is 0.861. The fraction of sp³-hybridized carbons (Fsp3) is 0.941. The number of nitrogens with zero attached hydrogens (tertiary/aromatic N) is 1. The molecule has 2 rings (SSSR count). The summed E-state index contributed by atoms with van der Waals surface area (Å²) in [6.45, 7) is 12.7. The highest BCUT2D eigenvalue weighted by molar-refractivity contribution is 5.85. The van der Waals surface area contributed by atoms with Crippen LogP contribution in [0.25, 0.3) is 0 Å². The van der Waals surface area contributed by atoms with Gasteiger partial charge < -0.3 is 10.6 Å². The van der Waals surface area contributed by atoms with Crippen LogP contribution in [0.2, 0.25) is 0 Å². The molecule has 0 aromatic rings. The molecule has 3 nitrogen and oxygen atoms in total. The molecular formula is C17H33ClN2O. The second-order valence-corrected chi connectivity index (χ2v) is 8.34. The lowest BCUT2D eigenvalue weighted by Gasteiger charge is -2.40. The molecule has 21 heavy (non-hydrogen) atoms. The van der Waals surface area contributed by atoms with Crippen LogP contribution >= 0.6 is 12.4 Å². The van der Waals surface area contributed by atoms with Crippen molar-refractivity contribution in [3.05, 3.63) is 0 Å². The number of halogens is 1. The number of amides is 1. The van der Waals surface area contributed by atoms with Crippen molar-refractivity contribution in [3.63, 3.8) is 0 Å². The fourth-order valence-electron chi connectivity index (χ4n) is 4.93. The van der Waals surface area contributed by atoms with E-state index < -0.39 is 0 Å². The van der Waals surface area contributed by atoms with Gasteiger partial charge in [-0.1, -0.05) is 34.6 Å². The molecule has 1 aliphatic heterocycles. The van der Waals surface area contributed by atoms with Crippen molar-refractivity contribution in [1.29, 1.82) is 0 Å². The minimum atomic E-state index is -0.335. The summed E-state index contributed by atoms with van der Waals surface area (Å²) in [5.41, 5.74) is 6.30. The van der Waals surface area contributed by atoms with E-state index in [-0.39, 0.29) is 17.8 Å². The molecule has 2 N–H and O–H groups in total. The molecule has 4 heteroatoms. The van der Waals surface area contributed by atoms with E-state index in [0.717, 1.165) is 25.8 Å². The van der Waals surface area contributed by atoms with Gasteiger partial charge in [0.05, 0.1) is 5.41 Å². The van der Waals surface area contributed by atoms with Gasteiger partial charge in [0, 0.05) is 19.1 Å². The van der Waals surface area contributed by atoms with E-state index in [9.17, 15) is 4.79 Å². The van der Waals surface area contributed by atoms with Crippen molar-refractivity contribution in [2.45, 2.75) is 72.8 Å². The van der Waals surface area contributed by atoms with E-state index >= 15 is 0 Å². The van der Waals surface area contributed by atoms with E-state index in [1.165, 1.54) is 12.8 Å². The Labute approximate surface area is 136 Å². The van der Waals surface area contributed by atoms with Gasteiger partial charge in [-0.05, 0) is 42.9 Å². The lowest BCUT2D eigenvalue weighted by atomic mass is 9.65. The van der Waals surface area contributed by atoms with Gasteiger partial charge in [0.2, 0.25) is 5.91 Å². The average Bonchev–Trinajstić information content (AvgIpc) is 2.61. The van der Waals surface area contributed by atoms with E-state index in [2.05, 4.69) is 39.5 Å². The molecule has 2 unspecified atom stereocenters. The molecule has 2 fully saturated rings. The molecule has 2 atom stereocenters. The SMILES string of the molecule is CCC(CC)(CN)C(=O)N1CC2(C)CC1CC(C)(C)C2.Cl. The van der Waals surface area contributed by atoms with Crippen LogP contribution in [0.4, 0.5) is 0 Å². The molecule has 1 amide bonds. The third kappa shape index (κ3) is 3.24. The number of nitrogens with two attached hydrogens (primary N) is 1. The third-order valence-electron chi connectivity index (χ3n) is 5.87. The lowest BCUT2D eigenvalue weighted by molar-refractivity contribution is -0.143. The zero-order valence-corrected chi connectivity index (χ0v) is 15.2. The first kappa shape index (κ1) is 18.8. The zero-order valence-electron chi connectivity index (χ0n) is 14.4. The van der Waals surface area contributed by atoms with Crippen molar-refractivity contribution in [2.24, 2.45) is 22.0 Å². The molecule has 2 bridgehead atoms. The largest absolute Gasteiger partial charge is 0.339 e. The van der Waals surface area contributed by atoms with Crippen molar-refractivity contribution < 1.29 is 4.79 Å². The highest BCUT2D eigenvalue weighted by Crippen LogP contribution is 2.53. The number of likely N-dealkylation sites (tertiary alicyclic amines) is 1. The summed E-state index contributed by atoms with van der Waals surface area (Å²) in [6.07, 6.45) is 5.25. The minimum absolute atomic E-state index is 0. The normalized spacial score (nSPS) is 31.0. The second kappa shape index (κ2) is 6.08. The van der Waals surface area contributed by atoms with Gasteiger partial charge >= 0.3 is 0 Å². The standard InChI is InChI=1S/C17H32N2O.ClH/c1-6-17(7-2,11-18)14(20)19-12-16(5)9-13(19)8-15(3,4)10-16;/h13H,6-12,18H2,1-5H3;1H. The molecule has 0 radical (unpaired) electrons. The Hall–Kier alpha value is -0.280. The maximum atomic E-state index is 13.1. The van der Waals surface area contributed by atoms with Gasteiger partial charge in [-0.2, -0.15) is 0 Å². The molecular weight excluding hydrogens is 284 g/mol. The Bertz CT molecular complexity index is 384. The lowest BCUT2D eigenvalue weighted by Crippen LogP contribution is -2.49. The van der Waals surface area contributed by atoms with Gasteiger partial charge in [-0.15, -0.1) is 12.4 Å². The smallest absolute Gasteiger partial charge is 0.230 e. The predicted molar refractivity (Wildman–Crippen MR) is 90.6 cm³/mol. The van der Waals surface area contributed by atoms with Crippen LogP contribution in [-0.4, -0.2) is 29.9 Å². The van der Waals surface area contributed by atoms with Crippen molar-refractivity contribution in [1.82, 2.24) is 4.90 Å². The van der Waals surface area contributed by atoms with E-state index in [1.54, 1.807) is 0 Å². The Morgan fingerprint density at radius 1 is 1.24 bits per heavy atom. The molecule has 124 valence electrons. The molecule has 1 saturated heterocycles. The Balaban J connectivity index is 0.00000220. The number of hydrogen-bond acceptors (Lipinski definition) is 2. The highest BCUT2D eigenvalue weighted by Gasteiger charge is 2.53. The first-order valence-electron chi connectivity index (χ1n) is 8.22. The summed E-state index contributed by atoms with van der Waals surface area (Å²) in [5.74, 6) is 0.316. The molecule has 0 spiro atoms. The highest BCUT2D eigenvalue weighted by atomic mass is 35.5. The maximum Gasteiger partial charge on any atom is 0.230 e. The second-order valence-electron chi connectivity index (χ2n) is 8.34. The van der Waals surface area contributed by atoms with E-state index in [1.807, 2.05) is 0 Å². The first-order chi connectivity index (χ1) is 9.21. The van der Waals surface area contributed by atoms with Crippen LogP contribution in [0.15, 0.2) is 0 Å². The van der Waals surface area contributed by atoms with E-state index in [0.29, 0.717) is 29.3 Å². The predicted octanol–water partition coefficient (Wildman–Crippen LogP) is 3.60. The summed E-state index contributed by atoms with van der Waals surface area (Å²) in [6, 6.07) is 0.431. The van der Waals surface area contributed by atoms with Crippen LogP contribution in [0, 0.1) is 16.2 Å². The first-order valence-corrected chi connectivity index (χ1v) is 8.22. The van der Waals surface area contributed by atoms with Crippen LogP contribution < -0.4 is 5.73 Å². The molecule has 2 aliphatic rings. The Morgan fingerprint density at radius 2 is 1.81 bits per heavy atom. The van der Waals surface area contributed by atoms with Gasteiger partial charge in [-0.25, -0.2) is 0 Å². The molecule has 1 saturated carbocycles. The van der Waals surface area contributed by atoms with Gasteiger partial charge in [0.1, 0.15) is 0 Å². The number of carbonyl (C=O) groups is 1. The van der Waals surface area contributed by atoms with Crippen molar-refractivity contribution in [3.8, 4) is 0 Å². The Kier molecular flexibility index (Phi) is 5.43. The number of rotatable bonds is 4. The average molecular weight is 317 g/mol. The molecule has 0 aromatic heterocycles. The summed E-state index contributed by atoms with van der Waals surface area (Å²) in [7, 11) is 0. The van der Waals surface area contributed by atoms with Crippen molar-refractivity contribution in [2.75, 3.05) is 13.1 Å². The zero-order chi connectivity index (χ0) is 15.2. The van der Waals surface area contributed by atoms with Gasteiger partial charge in [0.15, 0.2) is 0 Å². The monoisotopic (exact) mass is 316 g/mol. The van der Waals surface area contributed by atoms with Gasteiger partial charge in [0.25, 0.3) is 0 Å². The molecule has 0 aromatic carbocycles. The summed E-state index contributed by atoms with van der Waals surface area (Å²) < 4.78 is 0. The third-order valence-corrected chi connectivity index (χ3v) is 5.87.